The average molecular weight is 324 g/mol. The highest BCUT2D eigenvalue weighted by atomic mass is 16.5. The van der Waals surface area contributed by atoms with Gasteiger partial charge in [0.05, 0.1) is 37.5 Å². The van der Waals surface area contributed by atoms with E-state index < -0.39 is 0 Å². The SMILES string of the molecule is COc1cc2c(cc1C(=O)Nc1ccc(C#N)cc1)OCCCO2. The molecule has 0 aromatic heterocycles. The number of nitriles is 1. The molecule has 0 saturated carbocycles. The minimum Gasteiger partial charge on any atom is -0.496 e. The predicted molar refractivity (Wildman–Crippen MR) is 87.7 cm³/mol. The molecule has 3 rings (SSSR count). The van der Waals surface area contributed by atoms with Crippen LogP contribution in [0.2, 0.25) is 0 Å². The first-order chi connectivity index (χ1) is 11.7. The lowest BCUT2D eigenvalue weighted by atomic mass is 10.1. The summed E-state index contributed by atoms with van der Waals surface area (Å²) in [5, 5.41) is 11.6. The van der Waals surface area contributed by atoms with Crippen molar-refractivity contribution in [3.8, 4) is 23.3 Å². The van der Waals surface area contributed by atoms with Crippen LogP contribution in [0.5, 0.6) is 17.2 Å². The molecule has 0 saturated heterocycles. The Kier molecular flexibility index (Phi) is 4.52. The Morgan fingerprint density at radius 1 is 1.17 bits per heavy atom. The summed E-state index contributed by atoms with van der Waals surface area (Å²) in [4.78, 5) is 12.6. The van der Waals surface area contributed by atoms with E-state index in [1.807, 2.05) is 6.07 Å². The van der Waals surface area contributed by atoms with E-state index in [4.69, 9.17) is 19.5 Å². The summed E-state index contributed by atoms with van der Waals surface area (Å²) in [6.07, 6.45) is 0.782. The van der Waals surface area contributed by atoms with Gasteiger partial charge in [-0.2, -0.15) is 5.26 Å². The first kappa shape index (κ1) is 15.7. The van der Waals surface area contributed by atoms with Gasteiger partial charge < -0.3 is 19.5 Å². The Morgan fingerprint density at radius 2 is 1.83 bits per heavy atom. The maximum Gasteiger partial charge on any atom is 0.259 e. The summed E-state index contributed by atoms with van der Waals surface area (Å²) < 4.78 is 16.5. The molecule has 122 valence electrons. The number of hydrogen-bond acceptors (Lipinski definition) is 5. The fourth-order valence-corrected chi connectivity index (χ4v) is 2.36. The van der Waals surface area contributed by atoms with E-state index >= 15 is 0 Å². The van der Waals surface area contributed by atoms with Crippen LogP contribution in [0.3, 0.4) is 0 Å². The Bertz CT molecular complexity index is 794. The van der Waals surface area contributed by atoms with Crippen LogP contribution in [0.4, 0.5) is 5.69 Å². The van der Waals surface area contributed by atoms with Gasteiger partial charge in [-0.1, -0.05) is 0 Å². The van der Waals surface area contributed by atoms with Crippen LogP contribution < -0.4 is 19.5 Å². The molecule has 24 heavy (non-hydrogen) atoms. The van der Waals surface area contributed by atoms with E-state index in [2.05, 4.69) is 5.32 Å². The number of hydrogen-bond donors (Lipinski definition) is 1. The number of anilines is 1. The number of nitrogens with zero attached hydrogens (tertiary/aromatic N) is 1. The molecule has 0 aliphatic carbocycles. The standard InChI is InChI=1S/C18H16N2O4/c1-22-15-10-17-16(23-7-2-8-24-17)9-14(15)18(21)20-13-5-3-12(11-19)4-6-13/h3-6,9-10H,2,7-8H2,1H3,(H,20,21). The van der Waals surface area contributed by atoms with Crippen LogP contribution in [0.1, 0.15) is 22.3 Å². The Labute approximate surface area is 139 Å². The fraction of sp³-hybridized carbons (Fsp3) is 0.222. The second-order valence-corrected chi connectivity index (χ2v) is 5.19. The van der Waals surface area contributed by atoms with Crippen molar-refractivity contribution in [3.05, 3.63) is 47.5 Å². The largest absolute Gasteiger partial charge is 0.496 e. The number of rotatable bonds is 3. The molecule has 0 radical (unpaired) electrons. The number of amides is 1. The molecule has 1 heterocycles. The number of carbonyl (C=O) groups is 1. The van der Waals surface area contributed by atoms with Crippen molar-refractivity contribution in [1.82, 2.24) is 0 Å². The highest BCUT2D eigenvalue weighted by Crippen LogP contribution is 2.36. The molecule has 6 nitrogen and oxygen atoms in total. The first-order valence-corrected chi connectivity index (χ1v) is 7.50. The lowest BCUT2D eigenvalue weighted by Gasteiger charge is -2.14. The average Bonchev–Trinajstić information content (AvgIpc) is 2.85. The number of fused-ring (bicyclic) bond motifs is 1. The normalized spacial score (nSPS) is 12.7. The monoisotopic (exact) mass is 324 g/mol. The summed E-state index contributed by atoms with van der Waals surface area (Å²) in [7, 11) is 1.50. The molecule has 6 heteroatoms. The van der Waals surface area contributed by atoms with Gasteiger partial charge in [0.1, 0.15) is 5.75 Å². The molecule has 1 aliphatic heterocycles. The number of methoxy groups -OCH3 is 1. The van der Waals surface area contributed by atoms with Crippen molar-refractivity contribution in [1.29, 1.82) is 5.26 Å². The third-order valence-electron chi connectivity index (χ3n) is 3.59. The van der Waals surface area contributed by atoms with E-state index in [0.717, 1.165) is 6.42 Å². The molecule has 1 N–H and O–H groups in total. The van der Waals surface area contributed by atoms with Crippen molar-refractivity contribution in [3.63, 3.8) is 0 Å². The van der Waals surface area contributed by atoms with Crippen LogP contribution in [-0.4, -0.2) is 26.2 Å². The minimum absolute atomic E-state index is 0.327. The van der Waals surface area contributed by atoms with Gasteiger partial charge in [-0.3, -0.25) is 4.79 Å². The highest BCUT2D eigenvalue weighted by Gasteiger charge is 2.20. The van der Waals surface area contributed by atoms with Crippen LogP contribution in [0, 0.1) is 11.3 Å². The van der Waals surface area contributed by atoms with Gasteiger partial charge in [-0.25, -0.2) is 0 Å². The van der Waals surface area contributed by atoms with Crippen molar-refractivity contribution in [2.24, 2.45) is 0 Å². The molecule has 0 bridgehead atoms. The first-order valence-electron chi connectivity index (χ1n) is 7.50. The fourth-order valence-electron chi connectivity index (χ4n) is 2.36. The Morgan fingerprint density at radius 3 is 2.46 bits per heavy atom. The molecule has 0 atom stereocenters. The number of benzene rings is 2. The van der Waals surface area contributed by atoms with Gasteiger partial charge >= 0.3 is 0 Å². The smallest absolute Gasteiger partial charge is 0.259 e. The van der Waals surface area contributed by atoms with Crippen molar-refractivity contribution in [2.75, 3.05) is 25.6 Å². The molecule has 1 aliphatic rings. The molecule has 1 amide bonds. The minimum atomic E-state index is -0.327. The molecule has 0 spiro atoms. The van der Waals surface area contributed by atoms with Gasteiger partial charge in [0.15, 0.2) is 11.5 Å². The zero-order valence-corrected chi connectivity index (χ0v) is 13.2. The number of carbonyl (C=O) groups excluding carboxylic acids is 1. The van der Waals surface area contributed by atoms with Crippen molar-refractivity contribution in [2.45, 2.75) is 6.42 Å². The molecule has 0 unspecified atom stereocenters. The molecular weight excluding hydrogens is 308 g/mol. The third-order valence-corrected chi connectivity index (χ3v) is 3.59. The summed E-state index contributed by atoms with van der Waals surface area (Å²) in [5.74, 6) is 1.18. The topological polar surface area (TPSA) is 80.6 Å². The van der Waals surface area contributed by atoms with Crippen LogP contribution >= 0.6 is 0 Å². The third kappa shape index (κ3) is 3.25. The van der Waals surface area contributed by atoms with Crippen LogP contribution in [0.15, 0.2) is 36.4 Å². The van der Waals surface area contributed by atoms with Crippen molar-refractivity contribution >= 4 is 11.6 Å². The predicted octanol–water partition coefficient (Wildman–Crippen LogP) is 2.98. The molecule has 0 fully saturated rings. The summed E-state index contributed by atoms with van der Waals surface area (Å²) in [6.45, 7) is 1.10. The summed E-state index contributed by atoms with van der Waals surface area (Å²) >= 11 is 0. The van der Waals surface area contributed by atoms with Crippen molar-refractivity contribution < 1.29 is 19.0 Å². The van der Waals surface area contributed by atoms with E-state index in [1.165, 1.54) is 7.11 Å². The summed E-state index contributed by atoms with van der Waals surface area (Å²) in [6, 6.07) is 11.9. The van der Waals surface area contributed by atoms with Gasteiger partial charge in [0.2, 0.25) is 0 Å². The van der Waals surface area contributed by atoms with Gasteiger partial charge in [-0.05, 0) is 24.3 Å². The lowest BCUT2D eigenvalue weighted by molar-refractivity contribution is 0.102. The van der Waals surface area contributed by atoms with Crippen LogP contribution in [-0.2, 0) is 0 Å². The second kappa shape index (κ2) is 6.92. The zero-order chi connectivity index (χ0) is 16.9. The lowest BCUT2D eigenvalue weighted by Crippen LogP contribution is -2.13. The van der Waals surface area contributed by atoms with Gasteiger partial charge in [0.25, 0.3) is 5.91 Å². The highest BCUT2D eigenvalue weighted by molar-refractivity contribution is 6.06. The second-order valence-electron chi connectivity index (χ2n) is 5.19. The van der Waals surface area contributed by atoms with Gasteiger partial charge in [0, 0.05) is 24.2 Å². The summed E-state index contributed by atoms with van der Waals surface area (Å²) in [5.41, 5.74) is 1.47. The number of ether oxygens (including phenoxy) is 3. The van der Waals surface area contributed by atoms with E-state index in [1.54, 1.807) is 36.4 Å². The van der Waals surface area contributed by atoms with E-state index in [-0.39, 0.29) is 5.91 Å². The van der Waals surface area contributed by atoms with E-state index in [9.17, 15) is 4.79 Å². The maximum atomic E-state index is 12.6. The Balaban J connectivity index is 1.88. The molecular formula is C18H16N2O4. The van der Waals surface area contributed by atoms with E-state index in [0.29, 0.717) is 47.3 Å². The Hall–Kier alpha value is -3.20. The zero-order valence-electron chi connectivity index (χ0n) is 13.2. The molecule has 2 aromatic rings. The number of nitrogens with one attached hydrogen (secondary N) is 1. The quantitative estimate of drug-likeness (QED) is 0.939. The van der Waals surface area contributed by atoms with Crippen LogP contribution in [0.25, 0.3) is 0 Å². The molecule has 2 aromatic carbocycles. The maximum absolute atomic E-state index is 12.6. The van der Waals surface area contributed by atoms with Gasteiger partial charge in [-0.15, -0.1) is 0 Å².